The van der Waals surface area contributed by atoms with Gasteiger partial charge in [0, 0.05) is 62.1 Å². The number of amides is 1. The summed E-state index contributed by atoms with van der Waals surface area (Å²) in [5, 5.41) is 6.39. The summed E-state index contributed by atoms with van der Waals surface area (Å²) in [6, 6.07) is 2.07. The minimum atomic E-state index is -0.921. The Kier molecular flexibility index (Phi) is 8.85. The number of imidazole rings is 1. The lowest BCUT2D eigenvalue weighted by Gasteiger charge is -2.27. The highest BCUT2D eigenvalue weighted by atomic mass is 16.5. The van der Waals surface area contributed by atoms with Crippen molar-refractivity contribution in [3.8, 4) is 22.6 Å². The molecular weight excluding hydrogens is 534 g/mol. The Labute approximate surface area is 245 Å². The van der Waals surface area contributed by atoms with Gasteiger partial charge in [0.2, 0.25) is 5.91 Å². The fraction of sp³-hybridized carbons (Fsp3) is 0.500. The smallest absolute Gasteiger partial charge is 0.250 e. The van der Waals surface area contributed by atoms with E-state index in [0.29, 0.717) is 54.2 Å². The zero-order valence-corrected chi connectivity index (χ0v) is 25.1. The highest BCUT2D eigenvalue weighted by Gasteiger charge is 2.45. The number of rotatable bonds is 8. The van der Waals surface area contributed by atoms with Crippen molar-refractivity contribution in [2.45, 2.75) is 66.1 Å². The predicted molar refractivity (Wildman–Crippen MR) is 160 cm³/mol. The zero-order valence-electron chi connectivity index (χ0n) is 25.1. The predicted octanol–water partition coefficient (Wildman–Crippen LogP) is 3.90. The minimum Gasteiger partial charge on any atom is -0.381 e. The molecule has 12 nitrogen and oxygen atoms in total. The van der Waals surface area contributed by atoms with E-state index in [9.17, 15) is 4.79 Å². The van der Waals surface area contributed by atoms with Crippen molar-refractivity contribution in [3.05, 3.63) is 42.4 Å². The number of fused-ring (bicyclic) bond motifs is 2. The SMILES string of the molecule is CCOCC(C)C.CCn1c(-c2cnc(C)nc2)nc2c(-c3cnc4c(c3)C(C)(NC3CCOC3)C(=O)N4)ncnc21. The molecule has 0 aliphatic carbocycles. The van der Waals surface area contributed by atoms with Crippen molar-refractivity contribution in [1.82, 2.24) is 39.8 Å². The van der Waals surface area contributed by atoms with E-state index in [1.165, 1.54) is 6.33 Å². The second kappa shape index (κ2) is 12.6. The average Bonchev–Trinajstić information content (AvgIpc) is 3.69. The summed E-state index contributed by atoms with van der Waals surface area (Å²) < 4.78 is 12.6. The number of aromatic nitrogens is 7. The Bertz CT molecular complexity index is 1550. The first kappa shape index (κ1) is 29.6. The lowest BCUT2D eigenvalue weighted by Crippen LogP contribution is -2.50. The van der Waals surface area contributed by atoms with Gasteiger partial charge >= 0.3 is 0 Å². The number of nitrogens with one attached hydrogen (secondary N) is 2. The highest BCUT2D eigenvalue weighted by Crippen LogP contribution is 2.38. The van der Waals surface area contributed by atoms with Crippen molar-refractivity contribution < 1.29 is 14.3 Å². The maximum Gasteiger partial charge on any atom is 0.250 e. The van der Waals surface area contributed by atoms with Crippen LogP contribution in [0.5, 0.6) is 0 Å². The molecule has 2 aliphatic heterocycles. The average molecular weight is 574 g/mol. The molecule has 1 fully saturated rings. The van der Waals surface area contributed by atoms with Crippen LogP contribution in [-0.4, -0.2) is 72.8 Å². The van der Waals surface area contributed by atoms with Gasteiger partial charge in [-0.05, 0) is 46.1 Å². The number of nitrogens with zero attached hydrogens (tertiary/aromatic N) is 7. The third kappa shape index (κ3) is 5.87. The largest absolute Gasteiger partial charge is 0.381 e. The topological polar surface area (TPSA) is 142 Å². The number of ether oxygens (including phenoxy) is 2. The molecule has 6 rings (SSSR count). The molecule has 0 radical (unpaired) electrons. The Balaban J connectivity index is 0.000000451. The van der Waals surface area contributed by atoms with Gasteiger partial charge in [0.25, 0.3) is 0 Å². The molecule has 2 unspecified atom stereocenters. The van der Waals surface area contributed by atoms with Gasteiger partial charge in [-0.2, -0.15) is 0 Å². The summed E-state index contributed by atoms with van der Waals surface area (Å²) in [4.78, 5) is 40.2. The van der Waals surface area contributed by atoms with Gasteiger partial charge in [-0.3, -0.25) is 10.1 Å². The molecule has 42 heavy (non-hydrogen) atoms. The van der Waals surface area contributed by atoms with Gasteiger partial charge in [0.15, 0.2) is 5.65 Å². The van der Waals surface area contributed by atoms with E-state index in [1.807, 2.05) is 38.3 Å². The first-order valence-corrected chi connectivity index (χ1v) is 14.5. The summed E-state index contributed by atoms with van der Waals surface area (Å²) in [7, 11) is 0. The van der Waals surface area contributed by atoms with Crippen LogP contribution >= 0.6 is 0 Å². The van der Waals surface area contributed by atoms with Crippen molar-refractivity contribution in [2.75, 3.05) is 31.7 Å². The molecule has 0 aromatic carbocycles. The van der Waals surface area contributed by atoms with Crippen molar-refractivity contribution in [2.24, 2.45) is 5.92 Å². The van der Waals surface area contributed by atoms with E-state index in [0.717, 1.165) is 42.1 Å². The number of aryl methyl sites for hydroxylation is 2. The Morgan fingerprint density at radius 3 is 2.55 bits per heavy atom. The van der Waals surface area contributed by atoms with Gasteiger partial charge in [0.1, 0.15) is 40.5 Å². The van der Waals surface area contributed by atoms with Crippen LogP contribution in [0, 0.1) is 12.8 Å². The summed E-state index contributed by atoms with van der Waals surface area (Å²) in [5.41, 5.74) is 3.44. The van der Waals surface area contributed by atoms with Crippen molar-refractivity contribution in [3.63, 3.8) is 0 Å². The molecular formula is C30H39N9O3. The molecule has 222 valence electrons. The van der Waals surface area contributed by atoms with Gasteiger partial charge in [-0.15, -0.1) is 0 Å². The van der Waals surface area contributed by atoms with Crippen molar-refractivity contribution in [1.29, 1.82) is 0 Å². The van der Waals surface area contributed by atoms with Crippen LogP contribution in [-0.2, 0) is 26.4 Å². The van der Waals surface area contributed by atoms with Gasteiger partial charge in [0.05, 0.1) is 12.2 Å². The van der Waals surface area contributed by atoms with E-state index in [4.69, 9.17) is 14.5 Å². The molecule has 6 heterocycles. The molecule has 2 atom stereocenters. The molecule has 12 heteroatoms. The molecule has 0 spiro atoms. The molecule has 1 saturated heterocycles. The monoisotopic (exact) mass is 573 g/mol. The van der Waals surface area contributed by atoms with Crippen LogP contribution in [0.25, 0.3) is 33.8 Å². The third-order valence-corrected chi connectivity index (χ3v) is 7.35. The number of carbonyl (C=O) groups is 1. The number of hydrogen-bond donors (Lipinski definition) is 2. The van der Waals surface area contributed by atoms with Crippen LogP contribution in [0.4, 0.5) is 5.82 Å². The van der Waals surface area contributed by atoms with Crippen LogP contribution in [0.15, 0.2) is 31.0 Å². The maximum atomic E-state index is 13.0. The van der Waals surface area contributed by atoms with Crippen molar-refractivity contribution >= 4 is 22.9 Å². The fourth-order valence-electron chi connectivity index (χ4n) is 5.16. The standard InChI is InChI=1S/C24H25N9O2.C6H14O/c1-4-33-21(15-9-25-13(2)26-10-15)30-19-18(28-12-29-22(19)33)14-7-17-20(27-8-14)31-23(34)24(17,3)32-16-5-6-35-11-16;1-4-7-5-6(2)3/h7-10,12,16,32H,4-6,11H2,1-3H3,(H,27,31,34);6H,4-5H2,1-3H3. The highest BCUT2D eigenvalue weighted by molar-refractivity contribution is 6.05. The summed E-state index contributed by atoms with van der Waals surface area (Å²) in [6.07, 6.45) is 7.63. The first-order chi connectivity index (χ1) is 20.2. The second-order valence-electron chi connectivity index (χ2n) is 11.1. The lowest BCUT2D eigenvalue weighted by atomic mass is 9.92. The van der Waals surface area contributed by atoms with Gasteiger partial charge < -0.3 is 19.4 Å². The molecule has 0 saturated carbocycles. The van der Waals surface area contributed by atoms with Crippen LogP contribution in [0.1, 0.15) is 52.4 Å². The van der Waals surface area contributed by atoms with E-state index in [-0.39, 0.29) is 11.9 Å². The van der Waals surface area contributed by atoms with E-state index in [1.54, 1.807) is 18.6 Å². The molecule has 4 aromatic rings. The minimum absolute atomic E-state index is 0.102. The maximum absolute atomic E-state index is 13.0. The van der Waals surface area contributed by atoms with E-state index in [2.05, 4.69) is 49.4 Å². The molecule has 2 N–H and O–H groups in total. The number of pyridine rings is 1. The quantitative estimate of drug-likeness (QED) is 0.319. The van der Waals surface area contributed by atoms with E-state index >= 15 is 0 Å². The number of carbonyl (C=O) groups excluding carboxylic acids is 1. The number of anilines is 1. The summed E-state index contributed by atoms with van der Waals surface area (Å²) in [6.45, 7) is 15.8. The third-order valence-electron chi connectivity index (χ3n) is 7.35. The Hall–Kier alpha value is -3.87. The fourth-order valence-corrected chi connectivity index (χ4v) is 5.16. The molecule has 4 aromatic heterocycles. The Morgan fingerprint density at radius 2 is 1.90 bits per heavy atom. The molecule has 1 amide bonds. The number of hydrogen-bond acceptors (Lipinski definition) is 10. The van der Waals surface area contributed by atoms with E-state index < -0.39 is 5.54 Å². The second-order valence-corrected chi connectivity index (χ2v) is 11.1. The normalized spacial score (nSPS) is 19.6. The molecule has 2 aliphatic rings. The summed E-state index contributed by atoms with van der Waals surface area (Å²) in [5.74, 6) is 2.52. The first-order valence-electron chi connectivity index (χ1n) is 14.5. The molecule has 0 bridgehead atoms. The lowest BCUT2D eigenvalue weighted by molar-refractivity contribution is -0.121. The Morgan fingerprint density at radius 1 is 1.14 bits per heavy atom. The van der Waals surface area contributed by atoms with Crippen LogP contribution < -0.4 is 10.6 Å². The zero-order chi connectivity index (χ0) is 29.9. The van der Waals surface area contributed by atoms with Crippen LogP contribution in [0.3, 0.4) is 0 Å². The summed E-state index contributed by atoms with van der Waals surface area (Å²) >= 11 is 0. The van der Waals surface area contributed by atoms with Gasteiger partial charge in [-0.1, -0.05) is 13.8 Å². The van der Waals surface area contributed by atoms with Crippen LogP contribution in [0.2, 0.25) is 0 Å². The van der Waals surface area contributed by atoms with Gasteiger partial charge in [-0.25, -0.2) is 29.9 Å².